The summed E-state index contributed by atoms with van der Waals surface area (Å²) in [5.41, 5.74) is 0.271. The van der Waals surface area contributed by atoms with E-state index in [4.69, 9.17) is 4.74 Å². The second-order valence-electron chi connectivity index (χ2n) is 3.95. The van der Waals surface area contributed by atoms with Crippen LogP contribution in [0.15, 0.2) is 12.4 Å². The first-order valence-electron chi connectivity index (χ1n) is 5.34. The highest BCUT2D eigenvalue weighted by atomic mass is 16.5. The van der Waals surface area contributed by atoms with E-state index < -0.39 is 11.7 Å². The van der Waals surface area contributed by atoms with Crippen molar-refractivity contribution in [1.29, 1.82) is 0 Å². The SMILES string of the molecule is CCOC(C)(CC)C(O)c1cnn(C)c1. The maximum Gasteiger partial charge on any atom is 0.111 e. The molecule has 0 amide bonds. The van der Waals surface area contributed by atoms with Gasteiger partial charge < -0.3 is 9.84 Å². The quantitative estimate of drug-likeness (QED) is 0.807. The average Bonchev–Trinajstić information content (AvgIpc) is 2.64. The zero-order valence-electron chi connectivity index (χ0n) is 9.90. The highest BCUT2D eigenvalue weighted by Gasteiger charge is 2.33. The van der Waals surface area contributed by atoms with E-state index in [1.807, 2.05) is 34.0 Å². The van der Waals surface area contributed by atoms with E-state index in [-0.39, 0.29) is 0 Å². The van der Waals surface area contributed by atoms with Gasteiger partial charge in [0.05, 0.1) is 11.8 Å². The molecule has 0 spiro atoms. The minimum atomic E-state index is -0.629. The van der Waals surface area contributed by atoms with E-state index in [1.54, 1.807) is 10.9 Å². The minimum absolute atomic E-state index is 0.530. The average molecular weight is 212 g/mol. The van der Waals surface area contributed by atoms with Crippen molar-refractivity contribution >= 4 is 0 Å². The summed E-state index contributed by atoms with van der Waals surface area (Å²) in [6, 6.07) is 0. The molecule has 86 valence electrons. The molecular weight excluding hydrogens is 192 g/mol. The van der Waals surface area contributed by atoms with Crippen LogP contribution in [0.25, 0.3) is 0 Å². The number of nitrogens with zero attached hydrogens (tertiary/aromatic N) is 2. The van der Waals surface area contributed by atoms with Crippen molar-refractivity contribution in [2.75, 3.05) is 6.61 Å². The first-order valence-corrected chi connectivity index (χ1v) is 5.34. The summed E-state index contributed by atoms with van der Waals surface area (Å²) in [5.74, 6) is 0. The minimum Gasteiger partial charge on any atom is -0.385 e. The predicted molar refractivity (Wildman–Crippen MR) is 58.5 cm³/mol. The molecule has 1 rings (SSSR count). The lowest BCUT2D eigenvalue weighted by Gasteiger charge is -2.32. The van der Waals surface area contributed by atoms with Crippen LogP contribution in [0.5, 0.6) is 0 Å². The number of hydrogen-bond acceptors (Lipinski definition) is 3. The highest BCUT2D eigenvalue weighted by Crippen LogP contribution is 2.31. The number of aliphatic hydroxyl groups excluding tert-OH is 1. The van der Waals surface area contributed by atoms with Crippen molar-refractivity contribution in [2.45, 2.75) is 38.9 Å². The molecule has 0 fully saturated rings. The zero-order valence-corrected chi connectivity index (χ0v) is 9.90. The van der Waals surface area contributed by atoms with Crippen LogP contribution in [0.2, 0.25) is 0 Å². The van der Waals surface area contributed by atoms with E-state index in [9.17, 15) is 5.11 Å². The molecule has 0 bridgehead atoms. The van der Waals surface area contributed by atoms with Gasteiger partial charge in [-0.2, -0.15) is 5.10 Å². The summed E-state index contributed by atoms with van der Waals surface area (Å²) in [4.78, 5) is 0. The molecule has 0 aliphatic rings. The Balaban J connectivity index is 2.85. The van der Waals surface area contributed by atoms with Gasteiger partial charge in [0.25, 0.3) is 0 Å². The van der Waals surface area contributed by atoms with E-state index in [0.717, 1.165) is 12.0 Å². The van der Waals surface area contributed by atoms with Gasteiger partial charge in [0, 0.05) is 25.4 Å². The first kappa shape index (κ1) is 12.2. The molecule has 4 nitrogen and oxygen atoms in total. The fourth-order valence-electron chi connectivity index (χ4n) is 1.64. The molecule has 15 heavy (non-hydrogen) atoms. The van der Waals surface area contributed by atoms with Crippen molar-refractivity contribution in [1.82, 2.24) is 9.78 Å². The molecular formula is C11H20N2O2. The standard InChI is InChI=1S/C11H20N2O2/c1-5-11(3,15-6-2)10(14)9-7-12-13(4)8-9/h7-8,10,14H,5-6H2,1-4H3. The summed E-state index contributed by atoms with van der Waals surface area (Å²) in [6.45, 7) is 6.47. The summed E-state index contributed by atoms with van der Waals surface area (Å²) >= 11 is 0. The molecule has 0 aromatic carbocycles. The van der Waals surface area contributed by atoms with Crippen LogP contribution < -0.4 is 0 Å². The molecule has 4 heteroatoms. The van der Waals surface area contributed by atoms with Crippen LogP contribution in [0.1, 0.15) is 38.9 Å². The molecule has 1 N–H and O–H groups in total. The number of aliphatic hydroxyl groups is 1. The molecule has 2 unspecified atom stereocenters. The molecule has 2 atom stereocenters. The normalized spacial score (nSPS) is 17.4. The summed E-state index contributed by atoms with van der Waals surface area (Å²) < 4.78 is 7.30. The van der Waals surface area contributed by atoms with Crippen LogP contribution in [0.4, 0.5) is 0 Å². The van der Waals surface area contributed by atoms with Crippen molar-refractivity contribution < 1.29 is 9.84 Å². The Morgan fingerprint density at radius 1 is 1.60 bits per heavy atom. The third-order valence-corrected chi connectivity index (χ3v) is 2.80. The van der Waals surface area contributed by atoms with Gasteiger partial charge in [0.15, 0.2) is 0 Å². The predicted octanol–water partition coefficient (Wildman–Crippen LogP) is 1.66. The lowest BCUT2D eigenvalue weighted by Crippen LogP contribution is -2.35. The topological polar surface area (TPSA) is 47.3 Å². The van der Waals surface area contributed by atoms with Crippen molar-refractivity contribution in [2.24, 2.45) is 7.05 Å². The smallest absolute Gasteiger partial charge is 0.111 e. The number of aromatic nitrogens is 2. The highest BCUT2D eigenvalue weighted by molar-refractivity contribution is 5.12. The molecule has 0 aliphatic heterocycles. The lowest BCUT2D eigenvalue weighted by atomic mass is 9.92. The van der Waals surface area contributed by atoms with E-state index in [0.29, 0.717) is 6.61 Å². The lowest BCUT2D eigenvalue weighted by molar-refractivity contribution is -0.113. The Morgan fingerprint density at radius 3 is 2.67 bits per heavy atom. The Bertz CT molecular complexity index is 311. The molecule has 0 aliphatic carbocycles. The van der Waals surface area contributed by atoms with Gasteiger partial charge in [-0.1, -0.05) is 6.92 Å². The van der Waals surface area contributed by atoms with Crippen LogP contribution in [0, 0.1) is 0 Å². The molecule has 0 saturated carbocycles. The van der Waals surface area contributed by atoms with Crippen molar-refractivity contribution in [3.05, 3.63) is 18.0 Å². The Kier molecular flexibility index (Phi) is 3.88. The summed E-state index contributed by atoms with van der Waals surface area (Å²) in [5, 5.41) is 14.3. The zero-order chi connectivity index (χ0) is 11.5. The summed E-state index contributed by atoms with van der Waals surface area (Å²) in [7, 11) is 1.83. The van der Waals surface area contributed by atoms with Crippen LogP contribution in [-0.2, 0) is 11.8 Å². The van der Waals surface area contributed by atoms with Crippen LogP contribution in [0.3, 0.4) is 0 Å². The van der Waals surface area contributed by atoms with Crippen molar-refractivity contribution in [3.8, 4) is 0 Å². The maximum absolute atomic E-state index is 10.2. The Hall–Kier alpha value is -0.870. The largest absolute Gasteiger partial charge is 0.385 e. The van der Waals surface area contributed by atoms with Gasteiger partial charge >= 0.3 is 0 Å². The van der Waals surface area contributed by atoms with Crippen LogP contribution in [-0.4, -0.2) is 27.1 Å². The van der Waals surface area contributed by atoms with Gasteiger partial charge in [-0.15, -0.1) is 0 Å². The van der Waals surface area contributed by atoms with Gasteiger partial charge in [0.2, 0.25) is 0 Å². The van der Waals surface area contributed by atoms with Gasteiger partial charge in [-0.05, 0) is 20.3 Å². The molecule has 0 radical (unpaired) electrons. The molecule has 1 aromatic heterocycles. The molecule has 1 aromatic rings. The number of rotatable bonds is 5. The fourth-order valence-corrected chi connectivity index (χ4v) is 1.64. The third kappa shape index (κ3) is 2.58. The van der Waals surface area contributed by atoms with Crippen molar-refractivity contribution in [3.63, 3.8) is 0 Å². The second kappa shape index (κ2) is 4.77. The van der Waals surface area contributed by atoms with E-state index >= 15 is 0 Å². The fraction of sp³-hybridized carbons (Fsp3) is 0.727. The van der Waals surface area contributed by atoms with Gasteiger partial charge in [0.1, 0.15) is 6.10 Å². The van der Waals surface area contributed by atoms with Gasteiger partial charge in [-0.25, -0.2) is 0 Å². The monoisotopic (exact) mass is 212 g/mol. The Labute approximate surface area is 90.9 Å². The number of aryl methyl sites for hydroxylation is 1. The molecule has 0 saturated heterocycles. The number of ether oxygens (including phenoxy) is 1. The van der Waals surface area contributed by atoms with Crippen LogP contribution >= 0.6 is 0 Å². The Morgan fingerprint density at radius 2 is 2.27 bits per heavy atom. The third-order valence-electron chi connectivity index (χ3n) is 2.80. The second-order valence-corrected chi connectivity index (χ2v) is 3.95. The van der Waals surface area contributed by atoms with Gasteiger partial charge in [-0.3, -0.25) is 4.68 Å². The summed E-state index contributed by atoms with van der Waals surface area (Å²) in [6.07, 6.45) is 3.63. The first-order chi connectivity index (χ1) is 7.03. The van der Waals surface area contributed by atoms with E-state index in [2.05, 4.69) is 5.10 Å². The van der Waals surface area contributed by atoms with E-state index in [1.165, 1.54) is 0 Å². The number of hydrogen-bond donors (Lipinski definition) is 1. The maximum atomic E-state index is 10.2. The molecule has 1 heterocycles.